The summed E-state index contributed by atoms with van der Waals surface area (Å²) in [6.45, 7) is 4.41. The van der Waals surface area contributed by atoms with Crippen molar-refractivity contribution >= 4 is 17.4 Å². The molecule has 1 aromatic heterocycles. The SMILES string of the molecule is COc1ccc(N2CCN(C(=O)c3cc(NCC4CCCO4)ncn3)CC2)cc1. The zero-order valence-electron chi connectivity index (χ0n) is 16.7. The molecule has 2 aromatic rings. The molecular formula is C21H27N5O3. The summed E-state index contributed by atoms with van der Waals surface area (Å²) in [5, 5.41) is 3.26. The van der Waals surface area contributed by atoms with Crippen molar-refractivity contribution in [3.63, 3.8) is 0 Å². The number of benzene rings is 1. The van der Waals surface area contributed by atoms with E-state index in [1.165, 1.54) is 6.33 Å². The number of hydrogen-bond acceptors (Lipinski definition) is 7. The molecule has 29 heavy (non-hydrogen) atoms. The fourth-order valence-electron chi connectivity index (χ4n) is 3.72. The van der Waals surface area contributed by atoms with Crippen molar-refractivity contribution in [1.29, 1.82) is 0 Å². The van der Waals surface area contributed by atoms with E-state index in [2.05, 4.69) is 20.2 Å². The lowest BCUT2D eigenvalue weighted by Gasteiger charge is -2.36. The van der Waals surface area contributed by atoms with Crippen LogP contribution in [0.1, 0.15) is 23.3 Å². The van der Waals surface area contributed by atoms with Crippen LogP contribution in [-0.4, -0.2) is 73.3 Å². The molecule has 0 spiro atoms. The first-order chi connectivity index (χ1) is 14.2. The number of methoxy groups -OCH3 is 1. The van der Waals surface area contributed by atoms with Crippen LogP contribution in [0.5, 0.6) is 5.75 Å². The van der Waals surface area contributed by atoms with Gasteiger partial charge in [-0.2, -0.15) is 0 Å². The number of amides is 1. The highest BCUT2D eigenvalue weighted by Crippen LogP contribution is 2.21. The van der Waals surface area contributed by atoms with Gasteiger partial charge in [-0.05, 0) is 37.1 Å². The fourth-order valence-corrected chi connectivity index (χ4v) is 3.72. The molecule has 0 bridgehead atoms. The van der Waals surface area contributed by atoms with E-state index in [0.717, 1.165) is 44.0 Å². The second-order valence-electron chi connectivity index (χ2n) is 7.28. The first kappa shape index (κ1) is 19.4. The van der Waals surface area contributed by atoms with Crippen LogP contribution in [0.3, 0.4) is 0 Å². The van der Waals surface area contributed by atoms with E-state index >= 15 is 0 Å². The molecule has 0 radical (unpaired) electrons. The number of carbonyl (C=O) groups is 1. The Hall–Kier alpha value is -2.87. The predicted octanol–water partition coefficient (Wildman–Crippen LogP) is 2.04. The van der Waals surface area contributed by atoms with Crippen LogP contribution >= 0.6 is 0 Å². The number of nitrogens with zero attached hydrogens (tertiary/aromatic N) is 4. The Morgan fingerprint density at radius 1 is 1.21 bits per heavy atom. The van der Waals surface area contributed by atoms with Gasteiger partial charge >= 0.3 is 0 Å². The normalized spacial score (nSPS) is 19.3. The van der Waals surface area contributed by atoms with Crippen molar-refractivity contribution < 1.29 is 14.3 Å². The molecule has 0 saturated carbocycles. The molecule has 2 saturated heterocycles. The summed E-state index contributed by atoms with van der Waals surface area (Å²) in [6.07, 6.45) is 3.82. The maximum atomic E-state index is 12.9. The van der Waals surface area contributed by atoms with Crippen LogP contribution in [0.2, 0.25) is 0 Å². The van der Waals surface area contributed by atoms with Gasteiger partial charge in [0.1, 0.15) is 23.6 Å². The molecule has 4 rings (SSSR count). The summed E-state index contributed by atoms with van der Waals surface area (Å²) in [6, 6.07) is 9.74. The number of rotatable bonds is 6. The molecule has 2 fully saturated rings. The first-order valence-electron chi connectivity index (χ1n) is 10.1. The molecule has 1 unspecified atom stereocenters. The van der Waals surface area contributed by atoms with Gasteiger partial charge in [-0.25, -0.2) is 9.97 Å². The molecule has 154 valence electrons. The van der Waals surface area contributed by atoms with Crippen LogP contribution in [0.25, 0.3) is 0 Å². The predicted molar refractivity (Wildman–Crippen MR) is 111 cm³/mol. The lowest BCUT2D eigenvalue weighted by atomic mass is 10.2. The van der Waals surface area contributed by atoms with E-state index in [4.69, 9.17) is 9.47 Å². The van der Waals surface area contributed by atoms with Crippen LogP contribution in [0, 0.1) is 0 Å². The van der Waals surface area contributed by atoms with E-state index in [0.29, 0.717) is 31.1 Å². The Morgan fingerprint density at radius 3 is 2.69 bits per heavy atom. The highest BCUT2D eigenvalue weighted by molar-refractivity contribution is 5.93. The van der Waals surface area contributed by atoms with Crippen LogP contribution in [0.15, 0.2) is 36.7 Å². The van der Waals surface area contributed by atoms with Crippen LogP contribution in [-0.2, 0) is 4.74 Å². The maximum Gasteiger partial charge on any atom is 0.272 e. The minimum absolute atomic E-state index is 0.0538. The standard InChI is InChI=1S/C21H27N5O3/c1-28-17-6-4-16(5-7-17)25-8-10-26(11-9-25)21(27)19-13-20(24-15-23-19)22-14-18-3-2-12-29-18/h4-7,13,15,18H,2-3,8-12,14H2,1H3,(H,22,23,24). The Kier molecular flexibility index (Phi) is 6.09. The Balaban J connectivity index is 1.32. The minimum Gasteiger partial charge on any atom is -0.497 e. The number of nitrogens with one attached hydrogen (secondary N) is 1. The molecule has 1 atom stereocenters. The van der Waals surface area contributed by atoms with Gasteiger partial charge in [0.05, 0.1) is 13.2 Å². The molecule has 1 aromatic carbocycles. The molecule has 3 heterocycles. The van der Waals surface area contributed by atoms with E-state index in [9.17, 15) is 4.79 Å². The zero-order valence-corrected chi connectivity index (χ0v) is 16.7. The van der Waals surface area contributed by atoms with Gasteiger partial charge in [0.15, 0.2) is 0 Å². The summed E-state index contributed by atoms with van der Waals surface area (Å²) in [4.78, 5) is 25.4. The van der Waals surface area contributed by atoms with E-state index in [-0.39, 0.29) is 12.0 Å². The third kappa shape index (κ3) is 4.76. The van der Waals surface area contributed by atoms with Crippen molar-refractivity contribution in [3.8, 4) is 5.75 Å². The van der Waals surface area contributed by atoms with Crippen LogP contribution < -0.4 is 15.0 Å². The molecule has 2 aliphatic rings. The molecule has 8 heteroatoms. The second-order valence-corrected chi connectivity index (χ2v) is 7.28. The average Bonchev–Trinajstić information content (AvgIpc) is 3.31. The van der Waals surface area contributed by atoms with Crippen LogP contribution in [0.4, 0.5) is 11.5 Å². The molecule has 8 nitrogen and oxygen atoms in total. The fraction of sp³-hybridized carbons (Fsp3) is 0.476. The van der Waals surface area contributed by atoms with E-state index in [1.807, 2.05) is 29.2 Å². The summed E-state index contributed by atoms with van der Waals surface area (Å²) < 4.78 is 10.8. The Labute approximate surface area is 170 Å². The second kappa shape index (κ2) is 9.09. The molecule has 2 aliphatic heterocycles. The van der Waals surface area contributed by atoms with Gasteiger partial charge in [0, 0.05) is 51.1 Å². The average molecular weight is 397 g/mol. The monoisotopic (exact) mass is 397 g/mol. The molecule has 1 N–H and O–H groups in total. The largest absolute Gasteiger partial charge is 0.497 e. The van der Waals surface area contributed by atoms with E-state index in [1.54, 1.807) is 13.2 Å². The Morgan fingerprint density at radius 2 is 2.00 bits per heavy atom. The molecule has 0 aliphatic carbocycles. The summed E-state index contributed by atoms with van der Waals surface area (Å²) in [5.41, 5.74) is 1.56. The quantitative estimate of drug-likeness (QED) is 0.799. The Bertz CT molecular complexity index is 815. The zero-order chi connectivity index (χ0) is 20.1. The first-order valence-corrected chi connectivity index (χ1v) is 10.1. The number of ether oxygens (including phenoxy) is 2. The number of hydrogen-bond donors (Lipinski definition) is 1. The third-order valence-electron chi connectivity index (χ3n) is 5.43. The molecule has 1 amide bonds. The van der Waals surface area contributed by atoms with Gasteiger partial charge in [-0.1, -0.05) is 0 Å². The highest BCUT2D eigenvalue weighted by Gasteiger charge is 2.24. The molecular weight excluding hydrogens is 370 g/mol. The van der Waals surface area contributed by atoms with Crippen molar-refractivity contribution in [2.75, 3.05) is 56.7 Å². The van der Waals surface area contributed by atoms with Crippen molar-refractivity contribution in [1.82, 2.24) is 14.9 Å². The number of aromatic nitrogens is 2. The highest BCUT2D eigenvalue weighted by atomic mass is 16.5. The lowest BCUT2D eigenvalue weighted by molar-refractivity contribution is 0.0740. The van der Waals surface area contributed by atoms with Gasteiger partial charge < -0.3 is 24.6 Å². The smallest absolute Gasteiger partial charge is 0.272 e. The van der Waals surface area contributed by atoms with Gasteiger partial charge in [-0.15, -0.1) is 0 Å². The number of anilines is 2. The van der Waals surface area contributed by atoms with Gasteiger partial charge in [0.25, 0.3) is 5.91 Å². The van der Waals surface area contributed by atoms with Crippen molar-refractivity contribution in [3.05, 3.63) is 42.4 Å². The number of carbonyl (C=O) groups excluding carboxylic acids is 1. The van der Waals surface area contributed by atoms with Crippen molar-refractivity contribution in [2.24, 2.45) is 0 Å². The third-order valence-corrected chi connectivity index (χ3v) is 5.43. The van der Waals surface area contributed by atoms with E-state index < -0.39 is 0 Å². The summed E-state index contributed by atoms with van der Waals surface area (Å²) in [7, 11) is 1.66. The maximum absolute atomic E-state index is 12.9. The minimum atomic E-state index is -0.0538. The number of piperazine rings is 1. The summed E-state index contributed by atoms with van der Waals surface area (Å²) in [5.74, 6) is 1.45. The van der Waals surface area contributed by atoms with Gasteiger partial charge in [0.2, 0.25) is 0 Å². The van der Waals surface area contributed by atoms with Crippen molar-refractivity contribution in [2.45, 2.75) is 18.9 Å². The van der Waals surface area contributed by atoms with Gasteiger partial charge in [-0.3, -0.25) is 4.79 Å². The lowest BCUT2D eigenvalue weighted by Crippen LogP contribution is -2.49. The topological polar surface area (TPSA) is 79.8 Å². The summed E-state index contributed by atoms with van der Waals surface area (Å²) >= 11 is 0.